The summed E-state index contributed by atoms with van der Waals surface area (Å²) in [6.07, 6.45) is 1.93. The fourth-order valence-corrected chi connectivity index (χ4v) is 2.83. The van der Waals surface area contributed by atoms with Crippen molar-refractivity contribution in [1.29, 1.82) is 0 Å². The third kappa shape index (κ3) is 6.30. The highest BCUT2D eigenvalue weighted by atomic mass is 16.5. The van der Waals surface area contributed by atoms with E-state index in [2.05, 4.69) is 4.98 Å². The van der Waals surface area contributed by atoms with Gasteiger partial charge in [0.05, 0.1) is 12.2 Å². The zero-order chi connectivity index (χ0) is 22.8. The van der Waals surface area contributed by atoms with E-state index in [4.69, 9.17) is 19.1 Å². The molecule has 1 heterocycles. The molecular weight excluding hydrogens is 400 g/mol. The Kier molecular flexibility index (Phi) is 8.57. The van der Waals surface area contributed by atoms with Crippen molar-refractivity contribution in [3.8, 4) is 17.1 Å². The Morgan fingerprint density at radius 1 is 1.10 bits per heavy atom. The molecule has 2 aromatic carbocycles. The lowest BCUT2D eigenvalue weighted by molar-refractivity contribution is -0.191. The first-order valence-electron chi connectivity index (χ1n) is 9.35. The monoisotopic (exact) mass is 422 g/mol. The number of rotatable bonds is 7. The van der Waals surface area contributed by atoms with Gasteiger partial charge in [0.1, 0.15) is 17.3 Å². The Morgan fingerprint density at radius 2 is 1.77 bits per heavy atom. The van der Waals surface area contributed by atoms with Crippen LogP contribution in [0.4, 0.5) is 0 Å². The number of nitrogens with zero attached hydrogens (tertiary/aromatic N) is 2. The highest BCUT2D eigenvalue weighted by Crippen LogP contribution is 2.26. The molecule has 31 heavy (non-hydrogen) atoms. The molecule has 160 valence electrons. The number of hydrogen-bond donors (Lipinski definition) is 0. The Labute approximate surface area is 179 Å². The SMILES string of the molecule is COCCn1cc(C(C)=O)nc1-c1ccc(C)cc1C(=O)Oc1ccccc1.O=C=O. The van der Waals surface area contributed by atoms with Gasteiger partial charge in [0.2, 0.25) is 0 Å². The standard InChI is InChI=1S/C22H22N2O4.CO2/c1-15-9-10-18(19(13-15)22(26)28-17-7-5-4-6-8-17)21-23-20(16(2)25)14-24(21)11-12-27-3;2-1-3/h4-10,13-14H,11-12H2,1-3H3;. The molecule has 0 N–H and O–H groups in total. The zero-order valence-corrected chi connectivity index (χ0v) is 17.5. The van der Waals surface area contributed by atoms with E-state index in [9.17, 15) is 9.59 Å². The summed E-state index contributed by atoms with van der Waals surface area (Å²) in [5.74, 6) is 0.378. The molecule has 0 fully saturated rings. The topological polar surface area (TPSA) is 105 Å². The highest BCUT2D eigenvalue weighted by molar-refractivity contribution is 5.98. The van der Waals surface area contributed by atoms with Crippen LogP contribution in [0.3, 0.4) is 0 Å². The number of para-hydroxylation sites is 1. The van der Waals surface area contributed by atoms with Gasteiger partial charge in [-0.3, -0.25) is 4.79 Å². The molecule has 0 aliphatic carbocycles. The lowest BCUT2D eigenvalue weighted by atomic mass is 10.0. The van der Waals surface area contributed by atoms with Gasteiger partial charge in [0.25, 0.3) is 0 Å². The summed E-state index contributed by atoms with van der Waals surface area (Å²) in [5, 5.41) is 0. The molecule has 1 aromatic heterocycles. The van der Waals surface area contributed by atoms with Gasteiger partial charge < -0.3 is 14.0 Å². The number of imidazole rings is 1. The van der Waals surface area contributed by atoms with Gasteiger partial charge in [-0.1, -0.05) is 35.9 Å². The molecule has 3 rings (SSSR count). The Morgan fingerprint density at radius 3 is 2.39 bits per heavy atom. The van der Waals surface area contributed by atoms with Crippen LogP contribution in [-0.2, 0) is 20.9 Å². The Balaban J connectivity index is 0.00000107. The number of aromatic nitrogens is 2. The number of ether oxygens (including phenoxy) is 2. The first kappa shape index (κ1) is 23.4. The second kappa shape index (κ2) is 11.3. The normalized spacial score (nSPS) is 9.90. The maximum Gasteiger partial charge on any atom is 0.373 e. The summed E-state index contributed by atoms with van der Waals surface area (Å²) in [5.41, 5.74) is 2.26. The summed E-state index contributed by atoms with van der Waals surface area (Å²) in [4.78, 5) is 45.4. The molecule has 8 heteroatoms. The van der Waals surface area contributed by atoms with Crippen molar-refractivity contribution >= 4 is 17.9 Å². The first-order valence-corrected chi connectivity index (χ1v) is 9.35. The van der Waals surface area contributed by atoms with Gasteiger partial charge in [0, 0.05) is 32.3 Å². The Hall–Kier alpha value is -3.87. The molecule has 3 aromatic rings. The number of esters is 1. The van der Waals surface area contributed by atoms with E-state index in [1.807, 2.05) is 29.7 Å². The van der Waals surface area contributed by atoms with Gasteiger partial charge in [-0.15, -0.1) is 0 Å². The maximum atomic E-state index is 12.9. The van der Waals surface area contributed by atoms with E-state index in [0.29, 0.717) is 41.5 Å². The molecule has 0 amide bonds. The van der Waals surface area contributed by atoms with Gasteiger partial charge >= 0.3 is 12.1 Å². The molecular formula is C23H22N2O6. The van der Waals surface area contributed by atoms with Gasteiger partial charge in [-0.25, -0.2) is 9.78 Å². The minimum absolute atomic E-state index is 0.141. The Bertz CT molecular complexity index is 1080. The average molecular weight is 422 g/mol. The zero-order valence-electron chi connectivity index (χ0n) is 17.5. The van der Waals surface area contributed by atoms with E-state index in [-0.39, 0.29) is 11.9 Å². The summed E-state index contributed by atoms with van der Waals surface area (Å²) in [7, 11) is 1.61. The smallest absolute Gasteiger partial charge is 0.373 e. The highest BCUT2D eigenvalue weighted by Gasteiger charge is 2.21. The number of benzene rings is 2. The van der Waals surface area contributed by atoms with E-state index < -0.39 is 5.97 Å². The largest absolute Gasteiger partial charge is 0.423 e. The van der Waals surface area contributed by atoms with Crippen LogP contribution in [0.1, 0.15) is 33.3 Å². The van der Waals surface area contributed by atoms with Crippen LogP contribution >= 0.6 is 0 Å². The fourth-order valence-electron chi connectivity index (χ4n) is 2.83. The fraction of sp³-hybridized carbons (Fsp3) is 0.217. The molecule has 0 bridgehead atoms. The van der Waals surface area contributed by atoms with Crippen molar-refractivity contribution in [3.05, 3.63) is 71.5 Å². The molecule has 0 spiro atoms. The average Bonchev–Trinajstić information content (AvgIpc) is 3.18. The lowest BCUT2D eigenvalue weighted by Gasteiger charge is -2.12. The van der Waals surface area contributed by atoms with E-state index in [1.165, 1.54) is 6.92 Å². The maximum absolute atomic E-state index is 12.9. The number of carbonyl (C=O) groups excluding carboxylic acids is 4. The van der Waals surface area contributed by atoms with Gasteiger partial charge in [0.15, 0.2) is 5.78 Å². The van der Waals surface area contributed by atoms with Crippen LogP contribution in [0, 0.1) is 6.92 Å². The summed E-state index contributed by atoms with van der Waals surface area (Å²) in [6.45, 7) is 4.33. The van der Waals surface area contributed by atoms with Gasteiger partial charge in [-0.2, -0.15) is 9.59 Å². The van der Waals surface area contributed by atoms with Crippen molar-refractivity contribution < 1.29 is 28.7 Å². The molecule has 0 saturated carbocycles. The number of methoxy groups -OCH3 is 1. The number of carbonyl (C=O) groups is 2. The van der Waals surface area contributed by atoms with Crippen LogP contribution in [0.5, 0.6) is 5.75 Å². The van der Waals surface area contributed by atoms with E-state index >= 15 is 0 Å². The summed E-state index contributed by atoms with van der Waals surface area (Å²) < 4.78 is 12.5. The molecule has 0 aliphatic rings. The third-order valence-corrected chi connectivity index (χ3v) is 4.26. The quantitative estimate of drug-likeness (QED) is 0.327. The van der Waals surface area contributed by atoms with Crippen molar-refractivity contribution in [2.75, 3.05) is 13.7 Å². The second-order valence-corrected chi connectivity index (χ2v) is 6.53. The number of aryl methyl sites for hydroxylation is 1. The second-order valence-electron chi connectivity index (χ2n) is 6.53. The van der Waals surface area contributed by atoms with Gasteiger partial charge in [-0.05, 0) is 25.1 Å². The molecule has 0 radical (unpaired) electrons. The van der Waals surface area contributed by atoms with Crippen molar-refractivity contribution in [3.63, 3.8) is 0 Å². The third-order valence-electron chi connectivity index (χ3n) is 4.26. The summed E-state index contributed by atoms with van der Waals surface area (Å²) >= 11 is 0. The first-order chi connectivity index (χ1) is 14.9. The van der Waals surface area contributed by atoms with Crippen molar-refractivity contribution in [1.82, 2.24) is 9.55 Å². The predicted octanol–water partition coefficient (Wildman–Crippen LogP) is 3.34. The molecule has 0 unspecified atom stereocenters. The molecule has 0 saturated heterocycles. The van der Waals surface area contributed by atoms with Crippen molar-refractivity contribution in [2.24, 2.45) is 0 Å². The molecule has 0 atom stereocenters. The van der Waals surface area contributed by atoms with Crippen LogP contribution < -0.4 is 4.74 Å². The van der Waals surface area contributed by atoms with Crippen LogP contribution in [0.15, 0.2) is 54.7 Å². The predicted molar refractivity (Wildman–Crippen MR) is 111 cm³/mol. The lowest BCUT2D eigenvalue weighted by Crippen LogP contribution is -2.12. The minimum Gasteiger partial charge on any atom is -0.423 e. The summed E-state index contributed by atoms with van der Waals surface area (Å²) in [6, 6.07) is 14.4. The van der Waals surface area contributed by atoms with E-state index in [0.717, 1.165) is 5.56 Å². The molecule has 0 aliphatic heterocycles. The minimum atomic E-state index is -0.476. The molecule has 8 nitrogen and oxygen atoms in total. The number of ketones is 1. The van der Waals surface area contributed by atoms with Crippen LogP contribution in [-0.4, -0.2) is 41.2 Å². The van der Waals surface area contributed by atoms with Crippen molar-refractivity contribution in [2.45, 2.75) is 20.4 Å². The number of Topliss-reactive ketones (excluding diaryl/α,β-unsaturated/α-hetero) is 1. The van der Waals surface area contributed by atoms with E-state index in [1.54, 1.807) is 43.6 Å². The number of hydrogen-bond acceptors (Lipinski definition) is 7. The van der Waals surface area contributed by atoms with Crippen LogP contribution in [0.25, 0.3) is 11.4 Å². The van der Waals surface area contributed by atoms with Crippen LogP contribution in [0.2, 0.25) is 0 Å².